The fourth-order valence-corrected chi connectivity index (χ4v) is 2.33. The summed E-state index contributed by atoms with van der Waals surface area (Å²) in [5.74, 6) is 0.332. The van der Waals surface area contributed by atoms with E-state index in [2.05, 4.69) is 0 Å². The monoisotopic (exact) mass is 275 g/mol. The van der Waals surface area contributed by atoms with Gasteiger partial charge < -0.3 is 10.2 Å². The van der Waals surface area contributed by atoms with Gasteiger partial charge >= 0.3 is 0 Å². The molecule has 0 aliphatic carbocycles. The van der Waals surface area contributed by atoms with Gasteiger partial charge in [0, 0.05) is 17.5 Å². The molecule has 0 aliphatic rings. The van der Waals surface area contributed by atoms with Gasteiger partial charge in [0.15, 0.2) is 0 Å². The lowest BCUT2D eigenvalue weighted by molar-refractivity contribution is 0.619. The number of rotatable bonds is 2. The van der Waals surface area contributed by atoms with E-state index < -0.39 is 0 Å². The zero-order valence-electron chi connectivity index (χ0n) is 9.99. The molecule has 1 aromatic heterocycles. The molecule has 3 rings (SSSR count). The minimum Gasteiger partial charge on any atom is -0.456 e. The number of furan rings is 1. The zero-order chi connectivity index (χ0) is 13.4. The van der Waals surface area contributed by atoms with Gasteiger partial charge in [0.2, 0.25) is 0 Å². The molecular weight excluding hydrogens is 265 g/mol. The third kappa shape index (κ3) is 2.23. The Morgan fingerprint density at radius 1 is 1.11 bits per heavy atom. The number of benzene rings is 2. The Hall–Kier alpha value is -1.84. The molecular formula is C15H11ClFNO. The minimum absolute atomic E-state index is 0.288. The summed E-state index contributed by atoms with van der Waals surface area (Å²) in [5.41, 5.74) is 7.92. The van der Waals surface area contributed by atoms with Crippen LogP contribution >= 0.6 is 11.6 Å². The Morgan fingerprint density at radius 2 is 1.95 bits per heavy atom. The van der Waals surface area contributed by atoms with Crippen molar-refractivity contribution in [1.29, 1.82) is 0 Å². The van der Waals surface area contributed by atoms with E-state index in [1.54, 1.807) is 12.1 Å². The standard InChI is InChI=1S/C15H11ClFNO/c16-13-5-9(8-18)1-3-12(13)15-7-10-6-11(17)2-4-14(10)19-15/h1-7H,8,18H2. The topological polar surface area (TPSA) is 39.2 Å². The van der Waals surface area contributed by atoms with Crippen LogP contribution in [0.25, 0.3) is 22.3 Å². The largest absolute Gasteiger partial charge is 0.456 e. The van der Waals surface area contributed by atoms with Crippen molar-refractivity contribution < 1.29 is 8.81 Å². The van der Waals surface area contributed by atoms with Crippen LogP contribution in [0.1, 0.15) is 5.56 Å². The highest BCUT2D eigenvalue weighted by molar-refractivity contribution is 6.33. The first-order valence-corrected chi connectivity index (χ1v) is 6.23. The molecule has 0 atom stereocenters. The third-order valence-corrected chi connectivity index (χ3v) is 3.33. The fraction of sp³-hybridized carbons (Fsp3) is 0.0667. The summed E-state index contributed by atoms with van der Waals surface area (Å²) in [6, 6.07) is 11.8. The maximum Gasteiger partial charge on any atom is 0.136 e. The molecule has 1 heterocycles. The van der Waals surface area contributed by atoms with Gasteiger partial charge in [-0.15, -0.1) is 0 Å². The van der Waals surface area contributed by atoms with Crippen LogP contribution in [0.15, 0.2) is 46.9 Å². The number of hydrogen-bond acceptors (Lipinski definition) is 2. The molecule has 0 bridgehead atoms. The van der Waals surface area contributed by atoms with Gasteiger partial charge in [-0.1, -0.05) is 17.7 Å². The molecule has 2 N–H and O–H groups in total. The molecule has 2 nitrogen and oxygen atoms in total. The van der Waals surface area contributed by atoms with Gasteiger partial charge in [-0.25, -0.2) is 4.39 Å². The summed E-state index contributed by atoms with van der Waals surface area (Å²) >= 11 is 6.21. The van der Waals surface area contributed by atoms with E-state index in [0.717, 1.165) is 11.1 Å². The maximum absolute atomic E-state index is 13.1. The molecule has 96 valence electrons. The molecule has 19 heavy (non-hydrogen) atoms. The predicted molar refractivity (Wildman–Crippen MR) is 74.5 cm³/mol. The Labute approximate surface area is 114 Å². The first-order valence-electron chi connectivity index (χ1n) is 5.85. The first-order chi connectivity index (χ1) is 9.17. The summed E-state index contributed by atoms with van der Waals surface area (Å²) in [4.78, 5) is 0. The van der Waals surface area contributed by atoms with Crippen LogP contribution in [-0.4, -0.2) is 0 Å². The second-order valence-electron chi connectivity index (χ2n) is 4.31. The zero-order valence-corrected chi connectivity index (χ0v) is 10.7. The first kappa shape index (κ1) is 12.2. The summed E-state index contributed by atoms with van der Waals surface area (Å²) in [7, 11) is 0. The Bertz CT molecular complexity index is 751. The highest BCUT2D eigenvalue weighted by Gasteiger charge is 2.10. The Balaban J connectivity index is 2.13. The number of nitrogens with two attached hydrogens (primary N) is 1. The average Bonchev–Trinajstić information content (AvgIpc) is 2.81. The predicted octanol–water partition coefficient (Wildman–Crippen LogP) is 4.35. The smallest absolute Gasteiger partial charge is 0.136 e. The quantitative estimate of drug-likeness (QED) is 0.755. The van der Waals surface area contributed by atoms with Gasteiger partial charge in [-0.3, -0.25) is 0 Å². The van der Waals surface area contributed by atoms with Crippen LogP contribution in [-0.2, 0) is 6.54 Å². The van der Waals surface area contributed by atoms with Gasteiger partial charge in [0.25, 0.3) is 0 Å². The van der Waals surface area contributed by atoms with E-state index in [4.69, 9.17) is 21.8 Å². The van der Waals surface area contributed by atoms with Crippen molar-refractivity contribution in [2.45, 2.75) is 6.54 Å². The molecule has 0 radical (unpaired) electrons. The van der Waals surface area contributed by atoms with Gasteiger partial charge in [0.05, 0.1) is 5.02 Å². The van der Waals surface area contributed by atoms with Crippen LogP contribution in [0, 0.1) is 5.82 Å². The molecule has 0 saturated carbocycles. The molecule has 0 amide bonds. The summed E-state index contributed by atoms with van der Waals surface area (Å²) < 4.78 is 18.8. The Morgan fingerprint density at radius 3 is 2.68 bits per heavy atom. The van der Waals surface area contributed by atoms with E-state index in [1.165, 1.54) is 12.1 Å². The van der Waals surface area contributed by atoms with Gasteiger partial charge in [-0.05, 0) is 42.0 Å². The van der Waals surface area contributed by atoms with E-state index in [-0.39, 0.29) is 5.82 Å². The van der Waals surface area contributed by atoms with E-state index in [9.17, 15) is 4.39 Å². The van der Waals surface area contributed by atoms with Crippen molar-refractivity contribution in [3.63, 3.8) is 0 Å². The molecule has 4 heteroatoms. The fourth-order valence-electron chi connectivity index (χ4n) is 2.03. The van der Waals surface area contributed by atoms with Crippen molar-refractivity contribution >= 4 is 22.6 Å². The number of fused-ring (bicyclic) bond motifs is 1. The van der Waals surface area contributed by atoms with Crippen molar-refractivity contribution in [1.82, 2.24) is 0 Å². The van der Waals surface area contributed by atoms with E-state index >= 15 is 0 Å². The second kappa shape index (κ2) is 4.68. The summed E-state index contributed by atoms with van der Waals surface area (Å²) in [6.45, 7) is 0.436. The van der Waals surface area contributed by atoms with Crippen LogP contribution in [0.3, 0.4) is 0 Å². The molecule has 0 fully saturated rings. The van der Waals surface area contributed by atoms with E-state index in [0.29, 0.717) is 28.3 Å². The minimum atomic E-state index is -0.288. The van der Waals surface area contributed by atoms with E-state index in [1.807, 2.05) is 18.2 Å². The van der Waals surface area contributed by atoms with Crippen molar-refractivity contribution in [3.05, 3.63) is 58.9 Å². The SMILES string of the molecule is NCc1ccc(-c2cc3cc(F)ccc3o2)c(Cl)c1. The summed E-state index contributed by atoms with van der Waals surface area (Å²) in [6.07, 6.45) is 0. The van der Waals surface area contributed by atoms with Gasteiger partial charge in [0.1, 0.15) is 17.2 Å². The lowest BCUT2D eigenvalue weighted by Gasteiger charge is -2.03. The molecule has 3 aromatic rings. The highest BCUT2D eigenvalue weighted by Crippen LogP contribution is 2.33. The molecule has 0 saturated heterocycles. The molecule has 0 aliphatic heterocycles. The number of hydrogen-bond donors (Lipinski definition) is 1. The maximum atomic E-state index is 13.1. The molecule has 2 aromatic carbocycles. The lowest BCUT2D eigenvalue weighted by atomic mass is 10.1. The second-order valence-corrected chi connectivity index (χ2v) is 4.72. The number of halogens is 2. The average molecular weight is 276 g/mol. The lowest BCUT2D eigenvalue weighted by Crippen LogP contribution is -1.95. The third-order valence-electron chi connectivity index (χ3n) is 3.01. The molecule has 0 unspecified atom stereocenters. The van der Waals surface area contributed by atoms with Crippen molar-refractivity contribution in [2.75, 3.05) is 0 Å². The van der Waals surface area contributed by atoms with Crippen molar-refractivity contribution in [3.8, 4) is 11.3 Å². The van der Waals surface area contributed by atoms with Crippen LogP contribution in [0.5, 0.6) is 0 Å². The van der Waals surface area contributed by atoms with Crippen LogP contribution < -0.4 is 5.73 Å². The Kier molecular flexibility index (Phi) is 3.01. The summed E-state index contributed by atoms with van der Waals surface area (Å²) in [5, 5.41) is 1.29. The molecule has 0 spiro atoms. The van der Waals surface area contributed by atoms with Crippen LogP contribution in [0.2, 0.25) is 5.02 Å². The van der Waals surface area contributed by atoms with Crippen LogP contribution in [0.4, 0.5) is 4.39 Å². The van der Waals surface area contributed by atoms with Crippen molar-refractivity contribution in [2.24, 2.45) is 5.73 Å². The normalized spacial score (nSPS) is 11.1. The highest BCUT2D eigenvalue weighted by atomic mass is 35.5. The van der Waals surface area contributed by atoms with Gasteiger partial charge in [-0.2, -0.15) is 0 Å².